The van der Waals surface area contributed by atoms with Gasteiger partial charge in [-0.1, -0.05) is 24.3 Å². The summed E-state index contributed by atoms with van der Waals surface area (Å²) in [5.41, 5.74) is 2.06. The van der Waals surface area contributed by atoms with Gasteiger partial charge in [-0.15, -0.1) is 0 Å². The van der Waals surface area contributed by atoms with Crippen LogP contribution in [0.5, 0.6) is 0 Å². The van der Waals surface area contributed by atoms with Crippen LogP contribution in [0.4, 0.5) is 0 Å². The maximum absolute atomic E-state index is 8.73. The van der Waals surface area contributed by atoms with Crippen LogP contribution in [0.2, 0.25) is 0 Å². The molecule has 0 radical (unpaired) electrons. The first kappa shape index (κ1) is 9.47. The summed E-state index contributed by atoms with van der Waals surface area (Å²) in [7, 11) is 1.95. The van der Waals surface area contributed by atoms with E-state index in [1.807, 2.05) is 42.1 Å². The van der Waals surface area contributed by atoms with E-state index in [1.165, 1.54) is 0 Å². The van der Waals surface area contributed by atoms with Crippen molar-refractivity contribution in [2.75, 3.05) is 0 Å². The van der Waals surface area contributed by atoms with Crippen LogP contribution in [-0.2, 0) is 13.5 Å². The van der Waals surface area contributed by atoms with Gasteiger partial charge in [0.2, 0.25) is 0 Å². The maximum atomic E-state index is 8.73. The minimum atomic E-state index is 0.420. The predicted molar refractivity (Wildman–Crippen MR) is 58.0 cm³/mol. The van der Waals surface area contributed by atoms with Crippen LogP contribution in [0.25, 0.3) is 11.4 Å². The molecule has 0 fully saturated rings. The van der Waals surface area contributed by atoms with E-state index in [4.69, 9.17) is 5.26 Å². The highest BCUT2D eigenvalue weighted by Crippen LogP contribution is 2.21. The van der Waals surface area contributed by atoms with Crippen LogP contribution in [0.3, 0.4) is 0 Å². The Kier molecular flexibility index (Phi) is 2.51. The van der Waals surface area contributed by atoms with E-state index < -0.39 is 0 Å². The van der Waals surface area contributed by atoms with Gasteiger partial charge in [-0.05, 0) is 5.56 Å². The molecular formula is C12H11N3. The van der Waals surface area contributed by atoms with Gasteiger partial charge in [-0.25, -0.2) is 4.98 Å². The van der Waals surface area contributed by atoms with Crippen LogP contribution in [-0.4, -0.2) is 9.55 Å². The summed E-state index contributed by atoms with van der Waals surface area (Å²) in [5, 5.41) is 8.73. The van der Waals surface area contributed by atoms with Crippen molar-refractivity contribution >= 4 is 0 Å². The normalized spacial score (nSPS) is 9.87. The Morgan fingerprint density at radius 1 is 1.40 bits per heavy atom. The lowest BCUT2D eigenvalue weighted by Crippen LogP contribution is -1.95. The van der Waals surface area contributed by atoms with Crippen molar-refractivity contribution in [2.24, 2.45) is 7.05 Å². The van der Waals surface area contributed by atoms with Gasteiger partial charge in [0.25, 0.3) is 0 Å². The molecule has 0 aliphatic rings. The number of hydrogen-bond donors (Lipinski definition) is 0. The molecule has 15 heavy (non-hydrogen) atoms. The third kappa shape index (κ3) is 1.75. The highest BCUT2D eigenvalue weighted by molar-refractivity contribution is 5.61. The Morgan fingerprint density at radius 3 is 2.87 bits per heavy atom. The number of benzene rings is 1. The standard InChI is InChI=1S/C12H11N3/c1-15-9-8-14-12(15)11-5-3-2-4-10(11)6-7-13/h2-5,8-9H,6H2,1H3. The van der Waals surface area contributed by atoms with Crippen LogP contribution in [0.1, 0.15) is 5.56 Å². The van der Waals surface area contributed by atoms with E-state index >= 15 is 0 Å². The number of rotatable bonds is 2. The van der Waals surface area contributed by atoms with Gasteiger partial charge in [-0.3, -0.25) is 0 Å². The van der Waals surface area contributed by atoms with Gasteiger partial charge in [0.15, 0.2) is 0 Å². The molecular weight excluding hydrogens is 186 g/mol. The largest absolute Gasteiger partial charge is 0.334 e. The van der Waals surface area contributed by atoms with Crippen molar-refractivity contribution in [1.82, 2.24) is 9.55 Å². The first-order valence-corrected chi connectivity index (χ1v) is 4.75. The first-order chi connectivity index (χ1) is 7.33. The number of aromatic nitrogens is 2. The molecule has 3 heteroatoms. The quantitative estimate of drug-likeness (QED) is 0.740. The van der Waals surface area contributed by atoms with Crippen LogP contribution < -0.4 is 0 Å². The molecule has 2 rings (SSSR count). The van der Waals surface area contributed by atoms with Crippen molar-refractivity contribution in [1.29, 1.82) is 5.26 Å². The van der Waals surface area contributed by atoms with Crippen molar-refractivity contribution in [3.05, 3.63) is 42.2 Å². The van der Waals surface area contributed by atoms with E-state index in [9.17, 15) is 0 Å². The fraction of sp³-hybridized carbons (Fsp3) is 0.167. The zero-order chi connectivity index (χ0) is 10.7. The smallest absolute Gasteiger partial charge is 0.139 e. The topological polar surface area (TPSA) is 41.6 Å². The molecule has 2 aromatic rings. The van der Waals surface area contributed by atoms with Gasteiger partial charge < -0.3 is 4.57 Å². The fourth-order valence-corrected chi connectivity index (χ4v) is 1.60. The molecule has 0 amide bonds. The Balaban J connectivity index is 2.53. The molecule has 0 saturated heterocycles. The molecule has 0 unspecified atom stereocenters. The lowest BCUT2D eigenvalue weighted by Gasteiger charge is -2.06. The fourth-order valence-electron chi connectivity index (χ4n) is 1.60. The zero-order valence-corrected chi connectivity index (χ0v) is 8.51. The van der Waals surface area contributed by atoms with Crippen molar-refractivity contribution in [2.45, 2.75) is 6.42 Å². The first-order valence-electron chi connectivity index (χ1n) is 4.75. The molecule has 3 nitrogen and oxygen atoms in total. The Bertz CT molecular complexity index is 506. The highest BCUT2D eigenvalue weighted by Gasteiger charge is 2.07. The second-order valence-electron chi connectivity index (χ2n) is 3.35. The summed E-state index contributed by atoms with van der Waals surface area (Å²) >= 11 is 0. The van der Waals surface area contributed by atoms with Crippen molar-refractivity contribution < 1.29 is 0 Å². The van der Waals surface area contributed by atoms with Crippen LogP contribution in [0.15, 0.2) is 36.7 Å². The molecule has 0 bridgehead atoms. The molecule has 0 aliphatic carbocycles. The van der Waals surface area contributed by atoms with Crippen molar-refractivity contribution in [3.63, 3.8) is 0 Å². The molecule has 0 atom stereocenters. The molecule has 0 saturated carbocycles. The monoisotopic (exact) mass is 197 g/mol. The van der Waals surface area contributed by atoms with Gasteiger partial charge in [0.1, 0.15) is 5.82 Å². The minimum Gasteiger partial charge on any atom is -0.334 e. The van der Waals surface area contributed by atoms with Crippen LogP contribution in [0, 0.1) is 11.3 Å². The van der Waals surface area contributed by atoms with Gasteiger partial charge in [0.05, 0.1) is 12.5 Å². The average Bonchev–Trinajstić information content (AvgIpc) is 2.66. The Hall–Kier alpha value is -2.08. The van der Waals surface area contributed by atoms with Gasteiger partial charge in [-0.2, -0.15) is 5.26 Å². The molecule has 0 aliphatic heterocycles. The summed E-state index contributed by atoms with van der Waals surface area (Å²) < 4.78 is 1.95. The van der Waals surface area contributed by atoms with Gasteiger partial charge >= 0.3 is 0 Å². The number of aryl methyl sites for hydroxylation is 1. The molecule has 74 valence electrons. The summed E-state index contributed by atoms with van der Waals surface area (Å²) in [4.78, 5) is 4.28. The van der Waals surface area contributed by atoms with E-state index in [1.54, 1.807) is 6.20 Å². The lowest BCUT2D eigenvalue weighted by atomic mass is 10.0. The second-order valence-corrected chi connectivity index (χ2v) is 3.35. The molecule has 1 aromatic carbocycles. The second kappa shape index (κ2) is 3.97. The summed E-state index contributed by atoms with van der Waals surface area (Å²) in [6.07, 6.45) is 4.08. The Morgan fingerprint density at radius 2 is 2.20 bits per heavy atom. The number of nitrogens with zero attached hydrogens (tertiary/aromatic N) is 3. The van der Waals surface area contributed by atoms with Crippen LogP contribution >= 0.6 is 0 Å². The SMILES string of the molecule is Cn1ccnc1-c1ccccc1CC#N. The van der Waals surface area contributed by atoms with E-state index in [2.05, 4.69) is 11.1 Å². The predicted octanol–water partition coefficient (Wildman–Crippen LogP) is 2.15. The summed E-state index contributed by atoms with van der Waals surface area (Å²) in [6, 6.07) is 10.0. The van der Waals surface area contributed by atoms with E-state index in [0.717, 1.165) is 17.0 Å². The van der Waals surface area contributed by atoms with E-state index in [-0.39, 0.29) is 0 Å². The zero-order valence-electron chi connectivity index (χ0n) is 8.51. The third-order valence-electron chi connectivity index (χ3n) is 2.35. The lowest BCUT2D eigenvalue weighted by molar-refractivity contribution is 0.922. The number of hydrogen-bond acceptors (Lipinski definition) is 2. The Labute approximate surface area is 88.6 Å². The van der Waals surface area contributed by atoms with E-state index in [0.29, 0.717) is 6.42 Å². The highest BCUT2D eigenvalue weighted by atomic mass is 15.0. The molecule has 1 heterocycles. The number of nitriles is 1. The molecule has 0 spiro atoms. The van der Waals surface area contributed by atoms with Crippen molar-refractivity contribution in [3.8, 4) is 17.5 Å². The summed E-state index contributed by atoms with van der Waals surface area (Å²) in [6.45, 7) is 0. The maximum Gasteiger partial charge on any atom is 0.139 e. The minimum absolute atomic E-state index is 0.420. The average molecular weight is 197 g/mol. The summed E-state index contributed by atoms with van der Waals surface area (Å²) in [5.74, 6) is 0.904. The molecule has 0 N–H and O–H groups in total. The third-order valence-corrected chi connectivity index (χ3v) is 2.35. The molecule has 1 aromatic heterocycles. The number of imidazole rings is 1. The van der Waals surface area contributed by atoms with Gasteiger partial charge in [0, 0.05) is 25.0 Å².